The summed E-state index contributed by atoms with van der Waals surface area (Å²) in [6, 6.07) is 16.7. The third-order valence-electron chi connectivity index (χ3n) is 4.94. The SMILES string of the molecule is COc1cccc(CC(=O)NC2CCN(Cc3cccc(C)c3)CC2)c1. The van der Waals surface area contributed by atoms with E-state index < -0.39 is 0 Å². The molecule has 1 amide bonds. The van der Waals surface area contributed by atoms with Crippen molar-refractivity contribution >= 4 is 5.91 Å². The Hall–Kier alpha value is -2.33. The number of benzene rings is 2. The van der Waals surface area contributed by atoms with Gasteiger partial charge in [-0.2, -0.15) is 0 Å². The molecule has 2 aromatic carbocycles. The Balaban J connectivity index is 1.44. The first kappa shape index (κ1) is 18.5. The van der Waals surface area contributed by atoms with Gasteiger partial charge in [-0.05, 0) is 43.0 Å². The van der Waals surface area contributed by atoms with Crippen molar-refractivity contribution < 1.29 is 9.53 Å². The molecule has 26 heavy (non-hydrogen) atoms. The average Bonchev–Trinajstić information content (AvgIpc) is 2.63. The summed E-state index contributed by atoms with van der Waals surface area (Å²) in [5.74, 6) is 0.884. The van der Waals surface area contributed by atoms with Crippen molar-refractivity contribution in [1.82, 2.24) is 10.2 Å². The van der Waals surface area contributed by atoms with Crippen molar-refractivity contribution in [3.05, 3.63) is 65.2 Å². The second-order valence-electron chi connectivity index (χ2n) is 7.14. The first-order valence-corrected chi connectivity index (χ1v) is 9.32. The molecule has 3 rings (SSSR count). The van der Waals surface area contributed by atoms with Gasteiger partial charge in [0.25, 0.3) is 0 Å². The van der Waals surface area contributed by atoms with E-state index in [4.69, 9.17) is 4.74 Å². The fraction of sp³-hybridized carbons (Fsp3) is 0.409. The fourth-order valence-electron chi connectivity index (χ4n) is 3.55. The smallest absolute Gasteiger partial charge is 0.224 e. The van der Waals surface area contributed by atoms with Gasteiger partial charge in [-0.1, -0.05) is 42.0 Å². The van der Waals surface area contributed by atoms with Crippen molar-refractivity contribution in [1.29, 1.82) is 0 Å². The summed E-state index contributed by atoms with van der Waals surface area (Å²) in [5.41, 5.74) is 3.66. The highest BCUT2D eigenvalue weighted by Crippen LogP contribution is 2.16. The van der Waals surface area contributed by atoms with Crippen molar-refractivity contribution in [3.63, 3.8) is 0 Å². The molecule has 0 aromatic heterocycles. The highest BCUT2D eigenvalue weighted by atomic mass is 16.5. The molecule has 138 valence electrons. The summed E-state index contributed by atoms with van der Waals surface area (Å²) < 4.78 is 5.22. The average molecular weight is 352 g/mol. The van der Waals surface area contributed by atoms with E-state index in [1.165, 1.54) is 11.1 Å². The first-order chi connectivity index (χ1) is 12.6. The van der Waals surface area contributed by atoms with E-state index >= 15 is 0 Å². The van der Waals surface area contributed by atoms with Crippen LogP contribution < -0.4 is 10.1 Å². The van der Waals surface area contributed by atoms with Gasteiger partial charge in [-0.15, -0.1) is 0 Å². The number of piperidine rings is 1. The maximum Gasteiger partial charge on any atom is 0.224 e. The van der Waals surface area contributed by atoms with E-state index in [2.05, 4.69) is 41.4 Å². The van der Waals surface area contributed by atoms with E-state index in [1.54, 1.807) is 7.11 Å². The molecule has 0 aliphatic carbocycles. The van der Waals surface area contributed by atoms with E-state index in [9.17, 15) is 4.79 Å². The zero-order valence-corrected chi connectivity index (χ0v) is 15.7. The number of aryl methyl sites for hydroxylation is 1. The van der Waals surface area contributed by atoms with Crippen LogP contribution in [0.5, 0.6) is 5.75 Å². The molecule has 2 aromatic rings. The second kappa shape index (κ2) is 8.86. The largest absolute Gasteiger partial charge is 0.497 e. The molecule has 1 aliphatic rings. The van der Waals surface area contributed by atoms with E-state index in [0.717, 1.165) is 43.8 Å². The van der Waals surface area contributed by atoms with Gasteiger partial charge >= 0.3 is 0 Å². The molecule has 4 heteroatoms. The van der Waals surface area contributed by atoms with Gasteiger partial charge in [0.05, 0.1) is 13.5 Å². The van der Waals surface area contributed by atoms with E-state index in [1.807, 2.05) is 24.3 Å². The summed E-state index contributed by atoms with van der Waals surface area (Å²) in [6.07, 6.45) is 2.42. The van der Waals surface area contributed by atoms with E-state index in [0.29, 0.717) is 6.42 Å². The van der Waals surface area contributed by atoms with Gasteiger partial charge in [0, 0.05) is 25.7 Å². The quantitative estimate of drug-likeness (QED) is 0.867. The van der Waals surface area contributed by atoms with Crippen LogP contribution in [-0.4, -0.2) is 37.0 Å². The number of carbonyl (C=O) groups is 1. The number of nitrogens with zero attached hydrogens (tertiary/aromatic N) is 1. The number of likely N-dealkylation sites (tertiary alicyclic amines) is 1. The molecule has 0 unspecified atom stereocenters. The second-order valence-corrected chi connectivity index (χ2v) is 7.14. The van der Waals surface area contributed by atoms with Gasteiger partial charge < -0.3 is 10.1 Å². The van der Waals surface area contributed by atoms with Crippen LogP contribution >= 0.6 is 0 Å². The van der Waals surface area contributed by atoms with Crippen LogP contribution in [0.4, 0.5) is 0 Å². The number of methoxy groups -OCH3 is 1. The predicted molar refractivity (Wildman–Crippen MR) is 104 cm³/mol. The van der Waals surface area contributed by atoms with Crippen molar-refractivity contribution in [2.24, 2.45) is 0 Å². The predicted octanol–water partition coefficient (Wildman–Crippen LogP) is 3.33. The van der Waals surface area contributed by atoms with Gasteiger partial charge in [0.1, 0.15) is 5.75 Å². The highest BCUT2D eigenvalue weighted by Gasteiger charge is 2.20. The lowest BCUT2D eigenvalue weighted by Gasteiger charge is -2.32. The maximum atomic E-state index is 12.3. The zero-order chi connectivity index (χ0) is 18.4. The molecule has 0 spiro atoms. The Labute approximate surface area is 156 Å². The molecule has 1 N–H and O–H groups in total. The highest BCUT2D eigenvalue weighted by molar-refractivity contribution is 5.79. The van der Waals surface area contributed by atoms with Crippen LogP contribution in [0.1, 0.15) is 29.5 Å². The molecule has 1 saturated heterocycles. The fourth-order valence-corrected chi connectivity index (χ4v) is 3.55. The van der Waals surface area contributed by atoms with Gasteiger partial charge in [-0.25, -0.2) is 0 Å². The number of hydrogen-bond donors (Lipinski definition) is 1. The number of ether oxygens (including phenoxy) is 1. The van der Waals surface area contributed by atoms with Crippen LogP contribution in [0.2, 0.25) is 0 Å². The summed E-state index contributed by atoms with van der Waals surface area (Å²) in [5, 5.41) is 3.19. The minimum atomic E-state index is 0.0930. The Morgan fingerprint density at radius 2 is 1.85 bits per heavy atom. The molecule has 0 bridgehead atoms. The summed E-state index contributed by atoms with van der Waals surface area (Å²) in [4.78, 5) is 14.8. The van der Waals surface area contributed by atoms with Crippen molar-refractivity contribution in [3.8, 4) is 5.75 Å². The molecular formula is C22H28N2O2. The van der Waals surface area contributed by atoms with Gasteiger partial charge in [0.15, 0.2) is 0 Å². The molecular weight excluding hydrogens is 324 g/mol. The Morgan fingerprint density at radius 3 is 2.58 bits per heavy atom. The minimum Gasteiger partial charge on any atom is -0.497 e. The lowest BCUT2D eigenvalue weighted by molar-refractivity contribution is -0.121. The lowest BCUT2D eigenvalue weighted by Crippen LogP contribution is -2.44. The molecule has 0 saturated carbocycles. The maximum absolute atomic E-state index is 12.3. The summed E-state index contributed by atoms with van der Waals surface area (Å²) >= 11 is 0. The van der Waals surface area contributed by atoms with Crippen molar-refractivity contribution in [2.45, 2.75) is 38.8 Å². The summed E-state index contributed by atoms with van der Waals surface area (Å²) in [7, 11) is 1.64. The molecule has 1 fully saturated rings. The first-order valence-electron chi connectivity index (χ1n) is 9.32. The normalized spacial score (nSPS) is 15.6. The van der Waals surface area contributed by atoms with Gasteiger partial charge in [-0.3, -0.25) is 9.69 Å². The van der Waals surface area contributed by atoms with Gasteiger partial charge in [0.2, 0.25) is 5.91 Å². The standard InChI is InChI=1S/C22H28N2O2/c1-17-5-3-7-19(13-17)16-24-11-9-20(10-12-24)23-22(25)15-18-6-4-8-21(14-18)26-2/h3-8,13-14,20H,9-12,15-16H2,1-2H3,(H,23,25). The Kier molecular flexibility index (Phi) is 6.29. The van der Waals surface area contributed by atoms with Crippen LogP contribution in [0, 0.1) is 6.92 Å². The van der Waals surface area contributed by atoms with Crippen LogP contribution in [0.15, 0.2) is 48.5 Å². The molecule has 0 atom stereocenters. The number of hydrogen-bond acceptors (Lipinski definition) is 3. The van der Waals surface area contributed by atoms with E-state index in [-0.39, 0.29) is 11.9 Å². The number of carbonyl (C=O) groups excluding carboxylic acids is 1. The molecule has 1 aliphatic heterocycles. The third kappa shape index (κ3) is 5.33. The number of amides is 1. The minimum absolute atomic E-state index is 0.0930. The van der Waals surface area contributed by atoms with Crippen LogP contribution in [0.25, 0.3) is 0 Å². The monoisotopic (exact) mass is 352 g/mol. The molecule has 1 heterocycles. The summed E-state index contributed by atoms with van der Waals surface area (Å²) in [6.45, 7) is 5.18. The Bertz CT molecular complexity index is 736. The molecule has 0 radical (unpaired) electrons. The van der Waals surface area contributed by atoms with Crippen molar-refractivity contribution in [2.75, 3.05) is 20.2 Å². The number of nitrogens with one attached hydrogen (secondary N) is 1. The lowest BCUT2D eigenvalue weighted by atomic mass is 10.0. The van der Waals surface area contributed by atoms with Crippen LogP contribution in [-0.2, 0) is 17.8 Å². The van der Waals surface area contributed by atoms with Crippen LogP contribution in [0.3, 0.4) is 0 Å². The number of rotatable bonds is 6. The zero-order valence-electron chi connectivity index (χ0n) is 15.7. The topological polar surface area (TPSA) is 41.6 Å². The Morgan fingerprint density at radius 1 is 1.12 bits per heavy atom. The third-order valence-corrected chi connectivity index (χ3v) is 4.94. The molecule has 4 nitrogen and oxygen atoms in total.